The molecule has 0 bridgehead atoms. The second kappa shape index (κ2) is 6.90. The molecule has 134 valence electrons. The first-order chi connectivity index (χ1) is 11.8. The number of rotatable bonds is 3. The summed E-state index contributed by atoms with van der Waals surface area (Å²) in [5, 5.41) is 4.54. The molecular weight excluding hydrogens is 321 g/mol. The van der Waals surface area contributed by atoms with E-state index in [2.05, 4.69) is 35.8 Å². The molecule has 1 fully saturated rings. The standard InChI is InChI=1S/C18H24FN5O/c1-18(2,3)15-4-5-16(25)24(22-15)11-13-6-8-23(9-7-13)17-14(19)10-20-12-21-17/h4-5,10,12-13H,6-9,11H2,1-3H3. The molecule has 2 aromatic heterocycles. The second-order valence-electron chi connectivity index (χ2n) is 7.61. The van der Waals surface area contributed by atoms with Crippen molar-refractivity contribution in [3.63, 3.8) is 0 Å². The van der Waals surface area contributed by atoms with E-state index in [0.717, 1.165) is 18.5 Å². The van der Waals surface area contributed by atoms with E-state index in [1.54, 1.807) is 16.8 Å². The number of piperidine rings is 1. The van der Waals surface area contributed by atoms with Crippen molar-refractivity contribution in [1.82, 2.24) is 19.7 Å². The fraction of sp³-hybridized carbons (Fsp3) is 0.556. The van der Waals surface area contributed by atoms with E-state index in [-0.39, 0.29) is 11.0 Å². The average Bonchev–Trinajstić information content (AvgIpc) is 2.57. The van der Waals surface area contributed by atoms with Gasteiger partial charge in [0.1, 0.15) is 6.33 Å². The van der Waals surface area contributed by atoms with E-state index < -0.39 is 5.82 Å². The number of halogens is 1. The molecule has 25 heavy (non-hydrogen) atoms. The molecule has 0 unspecified atom stereocenters. The van der Waals surface area contributed by atoms with Gasteiger partial charge < -0.3 is 4.90 Å². The summed E-state index contributed by atoms with van der Waals surface area (Å²) in [7, 11) is 0. The molecule has 1 aliphatic rings. The third-order valence-electron chi connectivity index (χ3n) is 4.63. The first kappa shape index (κ1) is 17.5. The molecule has 0 amide bonds. The Labute approximate surface area is 146 Å². The SMILES string of the molecule is CC(C)(C)c1ccc(=O)n(CC2CCN(c3ncncc3F)CC2)n1. The minimum atomic E-state index is -0.392. The van der Waals surface area contributed by atoms with Crippen LogP contribution in [0, 0.1) is 11.7 Å². The summed E-state index contributed by atoms with van der Waals surface area (Å²) < 4.78 is 15.4. The lowest BCUT2D eigenvalue weighted by Gasteiger charge is -2.32. The molecule has 1 saturated heterocycles. The largest absolute Gasteiger partial charge is 0.354 e. The zero-order valence-electron chi connectivity index (χ0n) is 14.9. The molecule has 3 heterocycles. The van der Waals surface area contributed by atoms with Crippen LogP contribution < -0.4 is 10.5 Å². The summed E-state index contributed by atoms with van der Waals surface area (Å²) in [5.74, 6) is 0.316. The van der Waals surface area contributed by atoms with Gasteiger partial charge in [-0.1, -0.05) is 20.8 Å². The van der Waals surface area contributed by atoms with Crippen LogP contribution in [0.5, 0.6) is 0 Å². The molecule has 2 aromatic rings. The minimum absolute atomic E-state index is 0.0720. The van der Waals surface area contributed by atoms with E-state index >= 15 is 0 Å². The first-order valence-corrected chi connectivity index (χ1v) is 8.63. The fourth-order valence-electron chi connectivity index (χ4n) is 3.09. The maximum Gasteiger partial charge on any atom is 0.266 e. The van der Waals surface area contributed by atoms with Gasteiger partial charge in [-0.3, -0.25) is 4.79 Å². The molecule has 0 radical (unpaired) electrons. The van der Waals surface area contributed by atoms with Crippen molar-refractivity contribution in [2.75, 3.05) is 18.0 Å². The van der Waals surface area contributed by atoms with Gasteiger partial charge in [-0.25, -0.2) is 19.0 Å². The van der Waals surface area contributed by atoms with Crippen molar-refractivity contribution in [2.45, 2.75) is 45.6 Å². The molecule has 0 atom stereocenters. The number of hydrogen-bond acceptors (Lipinski definition) is 5. The van der Waals surface area contributed by atoms with Gasteiger partial charge in [-0.05, 0) is 24.8 Å². The number of anilines is 1. The van der Waals surface area contributed by atoms with Crippen LogP contribution in [0.1, 0.15) is 39.3 Å². The quantitative estimate of drug-likeness (QED) is 0.855. The zero-order chi connectivity index (χ0) is 18.0. The maximum atomic E-state index is 13.8. The van der Waals surface area contributed by atoms with Crippen molar-refractivity contribution in [2.24, 2.45) is 5.92 Å². The normalized spacial score (nSPS) is 16.2. The highest BCUT2D eigenvalue weighted by atomic mass is 19.1. The topological polar surface area (TPSA) is 63.9 Å². The number of hydrogen-bond donors (Lipinski definition) is 0. The van der Waals surface area contributed by atoms with Gasteiger partial charge in [0.15, 0.2) is 11.6 Å². The van der Waals surface area contributed by atoms with Gasteiger partial charge in [-0.15, -0.1) is 0 Å². The highest BCUT2D eigenvalue weighted by molar-refractivity contribution is 5.38. The van der Waals surface area contributed by atoms with Crippen molar-refractivity contribution in [3.05, 3.63) is 46.5 Å². The van der Waals surface area contributed by atoms with Gasteiger partial charge in [-0.2, -0.15) is 5.10 Å². The number of nitrogens with zero attached hydrogens (tertiary/aromatic N) is 5. The molecule has 0 N–H and O–H groups in total. The van der Waals surface area contributed by atoms with Gasteiger partial charge in [0.25, 0.3) is 5.56 Å². The minimum Gasteiger partial charge on any atom is -0.354 e. The van der Waals surface area contributed by atoms with Crippen LogP contribution in [-0.2, 0) is 12.0 Å². The Hall–Kier alpha value is -2.31. The Kier molecular flexibility index (Phi) is 4.83. The highest BCUT2D eigenvalue weighted by Gasteiger charge is 2.24. The summed E-state index contributed by atoms with van der Waals surface area (Å²) in [4.78, 5) is 21.8. The molecular formula is C18H24FN5O. The van der Waals surface area contributed by atoms with E-state index in [9.17, 15) is 9.18 Å². The van der Waals surface area contributed by atoms with Crippen LogP contribution in [0.15, 0.2) is 29.5 Å². The predicted molar refractivity (Wildman–Crippen MR) is 94.1 cm³/mol. The summed E-state index contributed by atoms with van der Waals surface area (Å²) in [6.45, 7) is 8.28. The Morgan fingerprint density at radius 2 is 1.96 bits per heavy atom. The summed E-state index contributed by atoms with van der Waals surface area (Å²) in [5.41, 5.74) is 0.744. The van der Waals surface area contributed by atoms with E-state index in [0.29, 0.717) is 31.4 Å². The lowest BCUT2D eigenvalue weighted by Crippen LogP contribution is -2.38. The van der Waals surface area contributed by atoms with Crippen LogP contribution in [0.3, 0.4) is 0 Å². The molecule has 0 spiro atoms. The Morgan fingerprint density at radius 1 is 1.24 bits per heavy atom. The molecule has 6 nitrogen and oxygen atoms in total. The monoisotopic (exact) mass is 345 g/mol. The third-order valence-corrected chi connectivity index (χ3v) is 4.63. The van der Waals surface area contributed by atoms with Crippen LogP contribution in [0.4, 0.5) is 10.2 Å². The highest BCUT2D eigenvalue weighted by Crippen LogP contribution is 2.24. The molecule has 1 aliphatic heterocycles. The fourth-order valence-corrected chi connectivity index (χ4v) is 3.09. The summed E-state index contributed by atoms with van der Waals surface area (Å²) in [6.07, 6.45) is 4.30. The van der Waals surface area contributed by atoms with Crippen LogP contribution in [-0.4, -0.2) is 32.8 Å². The average molecular weight is 345 g/mol. The van der Waals surface area contributed by atoms with Crippen molar-refractivity contribution in [3.8, 4) is 0 Å². The van der Waals surface area contributed by atoms with Gasteiger partial charge >= 0.3 is 0 Å². The van der Waals surface area contributed by atoms with Crippen molar-refractivity contribution in [1.29, 1.82) is 0 Å². The molecule has 7 heteroatoms. The van der Waals surface area contributed by atoms with Crippen molar-refractivity contribution < 1.29 is 4.39 Å². The third kappa shape index (κ3) is 4.03. The molecule has 0 saturated carbocycles. The van der Waals surface area contributed by atoms with Gasteiger partial charge in [0, 0.05) is 31.1 Å². The smallest absolute Gasteiger partial charge is 0.266 e. The summed E-state index contributed by atoms with van der Waals surface area (Å²) in [6, 6.07) is 3.40. The first-order valence-electron chi connectivity index (χ1n) is 8.63. The van der Waals surface area contributed by atoms with Crippen LogP contribution in [0.2, 0.25) is 0 Å². The van der Waals surface area contributed by atoms with Gasteiger partial charge in [0.05, 0.1) is 11.9 Å². The van der Waals surface area contributed by atoms with E-state index in [4.69, 9.17) is 0 Å². The summed E-state index contributed by atoms with van der Waals surface area (Å²) >= 11 is 0. The Bertz CT molecular complexity index is 791. The lowest BCUT2D eigenvalue weighted by molar-refractivity contribution is 0.328. The second-order valence-corrected chi connectivity index (χ2v) is 7.61. The zero-order valence-corrected chi connectivity index (χ0v) is 14.9. The van der Waals surface area contributed by atoms with Crippen LogP contribution >= 0.6 is 0 Å². The van der Waals surface area contributed by atoms with Crippen LogP contribution in [0.25, 0.3) is 0 Å². The van der Waals surface area contributed by atoms with Gasteiger partial charge in [0.2, 0.25) is 0 Å². The molecule has 0 aromatic carbocycles. The molecule has 0 aliphatic carbocycles. The Balaban J connectivity index is 1.67. The predicted octanol–water partition coefficient (Wildman–Crippen LogP) is 2.39. The molecule has 3 rings (SSSR count). The van der Waals surface area contributed by atoms with Crippen molar-refractivity contribution >= 4 is 5.82 Å². The lowest BCUT2D eigenvalue weighted by atomic mass is 9.92. The van der Waals surface area contributed by atoms with E-state index in [1.165, 1.54) is 12.5 Å². The van der Waals surface area contributed by atoms with E-state index in [1.807, 2.05) is 4.90 Å². The maximum absolute atomic E-state index is 13.8. The number of aromatic nitrogens is 4. The Morgan fingerprint density at radius 3 is 2.60 bits per heavy atom.